The van der Waals surface area contributed by atoms with Crippen molar-refractivity contribution < 1.29 is 9.53 Å². The van der Waals surface area contributed by atoms with Crippen LogP contribution in [0.1, 0.15) is 47.8 Å². The van der Waals surface area contributed by atoms with Crippen molar-refractivity contribution in [1.82, 2.24) is 10.4 Å². The number of hydrazone groups is 1. The molecule has 1 heterocycles. The second-order valence-electron chi connectivity index (χ2n) is 7.74. The van der Waals surface area contributed by atoms with Crippen molar-refractivity contribution in [3.8, 4) is 5.75 Å². The van der Waals surface area contributed by atoms with Gasteiger partial charge in [0.25, 0.3) is 5.91 Å². The first-order valence-electron chi connectivity index (χ1n) is 9.47. The minimum Gasteiger partial charge on any atom is -0.489 e. The highest BCUT2D eigenvalue weighted by atomic mass is 16.5. The van der Waals surface area contributed by atoms with Gasteiger partial charge in [0.05, 0.1) is 6.21 Å². The Morgan fingerprint density at radius 1 is 1.00 bits per heavy atom. The fourth-order valence-electron chi connectivity index (χ4n) is 2.65. The van der Waals surface area contributed by atoms with Crippen LogP contribution in [-0.4, -0.2) is 17.1 Å². The predicted molar refractivity (Wildman–Crippen MR) is 115 cm³/mol. The zero-order valence-electron chi connectivity index (χ0n) is 16.9. The van der Waals surface area contributed by atoms with E-state index in [1.807, 2.05) is 24.3 Å². The van der Waals surface area contributed by atoms with Crippen molar-refractivity contribution in [2.45, 2.75) is 32.8 Å². The molecule has 0 aliphatic rings. The Morgan fingerprint density at radius 2 is 1.66 bits per heavy atom. The summed E-state index contributed by atoms with van der Waals surface area (Å²) >= 11 is 0. The molecule has 0 radical (unpaired) electrons. The highest BCUT2D eigenvalue weighted by Gasteiger charge is 2.13. The molecule has 5 nitrogen and oxygen atoms in total. The molecule has 29 heavy (non-hydrogen) atoms. The Kier molecular flexibility index (Phi) is 6.39. The molecule has 148 valence electrons. The quantitative estimate of drug-likeness (QED) is 0.492. The van der Waals surface area contributed by atoms with Crippen LogP contribution in [0.2, 0.25) is 0 Å². The fraction of sp³-hybridized carbons (Fsp3) is 0.208. The molecule has 1 amide bonds. The van der Waals surface area contributed by atoms with Gasteiger partial charge in [-0.1, -0.05) is 45.0 Å². The lowest BCUT2D eigenvalue weighted by Crippen LogP contribution is -2.17. The second kappa shape index (κ2) is 9.15. The van der Waals surface area contributed by atoms with Crippen molar-refractivity contribution in [2.75, 3.05) is 0 Å². The number of hydrogen-bond donors (Lipinski definition) is 1. The third-order valence-electron chi connectivity index (χ3n) is 4.43. The summed E-state index contributed by atoms with van der Waals surface area (Å²) in [5.74, 6) is 0.561. The largest absolute Gasteiger partial charge is 0.489 e. The average molecular weight is 387 g/mol. The van der Waals surface area contributed by atoms with Gasteiger partial charge in [-0.05, 0) is 58.5 Å². The first-order chi connectivity index (χ1) is 13.9. The average Bonchev–Trinajstić information content (AvgIpc) is 2.73. The fourth-order valence-corrected chi connectivity index (χ4v) is 2.65. The van der Waals surface area contributed by atoms with Gasteiger partial charge in [-0.25, -0.2) is 5.43 Å². The molecule has 1 N–H and O–H groups in total. The van der Waals surface area contributed by atoms with Crippen LogP contribution in [0.5, 0.6) is 5.75 Å². The molecule has 0 saturated carbocycles. The van der Waals surface area contributed by atoms with Crippen LogP contribution in [0.15, 0.2) is 78.2 Å². The summed E-state index contributed by atoms with van der Waals surface area (Å²) in [6, 6.07) is 19.1. The lowest BCUT2D eigenvalue weighted by Gasteiger charge is -2.19. The SMILES string of the molecule is CC(C)(C)c1ccc(OCc2ccc(C(=O)N/N=C\c3ccncc3)cc2)cc1. The Bertz CT molecular complexity index is 958. The Morgan fingerprint density at radius 3 is 2.28 bits per heavy atom. The van der Waals surface area contributed by atoms with Gasteiger partial charge < -0.3 is 4.74 Å². The van der Waals surface area contributed by atoms with E-state index in [1.54, 1.807) is 42.9 Å². The molecule has 0 aliphatic heterocycles. The van der Waals surface area contributed by atoms with E-state index in [0.717, 1.165) is 16.9 Å². The van der Waals surface area contributed by atoms with Crippen molar-refractivity contribution >= 4 is 12.1 Å². The van der Waals surface area contributed by atoms with E-state index >= 15 is 0 Å². The molecular formula is C24H25N3O2. The summed E-state index contributed by atoms with van der Waals surface area (Å²) in [7, 11) is 0. The number of carbonyl (C=O) groups excluding carboxylic acids is 1. The Hall–Kier alpha value is -3.47. The number of carbonyl (C=O) groups is 1. The van der Waals surface area contributed by atoms with Gasteiger partial charge in [-0.15, -0.1) is 0 Å². The molecule has 2 aromatic carbocycles. The van der Waals surface area contributed by atoms with E-state index in [0.29, 0.717) is 12.2 Å². The molecule has 5 heteroatoms. The van der Waals surface area contributed by atoms with Gasteiger partial charge in [0.1, 0.15) is 12.4 Å². The third kappa shape index (κ3) is 6.01. The molecular weight excluding hydrogens is 362 g/mol. The van der Waals surface area contributed by atoms with E-state index in [2.05, 4.69) is 48.4 Å². The Labute approximate surface area is 171 Å². The number of aromatic nitrogens is 1. The maximum Gasteiger partial charge on any atom is 0.271 e. The minimum atomic E-state index is -0.263. The van der Waals surface area contributed by atoms with E-state index in [4.69, 9.17) is 4.74 Å². The third-order valence-corrected chi connectivity index (χ3v) is 4.43. The lowest BCUT2D eigenvalue weighted by atomic mass is 9.87. The van der Waals surface area contributed by atoms with Gasteiger partial charge in [0, 0.05) is 18.0 Å². The summed E-state index contributed by atoms with van der Waals surface area (Å²) in [6.07, 6.45) is 4.92. The monoisotopic (exact) mass is 387 g/mol. The van der Waals surface area contributed by atoms with Crippen molar-refractivity contribution in [1.29, 1.82) is 0 Å². The molecule has 0 aliphatic carbocycles. The van der Waals surface area contributed by atoms with Crippen LogP contribution < -0.4 is 10.2 Å². The number of hydrogen-bond acceptors (Lipinski definition) is 4. The molecule has 0 unspecified atom stereocenters. The van der Waals surface area contributed by atoms with Gasteiger partial charge >= 0.3 is 0 Å². The van der Waals surface area contributed by atoms with Gasteiger partial charge in [0.15, 0.2) is 0 Å². The summed E-state index contributed by atoms with van der Waals surface area (Å²) < 4.78 is 5.84. The minimum absolute atomic E-state index is 0.122. The summed E-state index contributed by atoms with van der Waals surface area (Å²) in [5, 5.41) is 3.96. The topological polar surface area (TPSA) is 63.6 Å². The zero-order valence-corrected chi connectivity index (χ0v) is 16.9. The zero-order chi connectivity index (χ0) is 20.7. The van der Waals surface area contributed by atoms with Crippen molar-refractivity contribution in [3.63, 3.8) is 0 Å². The van der Waals surface area contributed by atoms with Gasteiger partial charge in [-0.2, -0.15) is 5.10 Å². The van der Waals surface area contributed by atoms with E-state index in [9.17, 15) is 4.79 Å². The Balaban J connectivity index is 1.52. The predicted octanol–water partition coefficient (Wildman–Crippen LogP) is 4.72. The number of amides is 1. The van der Waals surface area contributed by atoms with Crippen LogP contribution in [0.25, 0.3) is 0 Å². The number of ether oxygens (including phenoxy) is 1. The summed E-state index contributed by atoms with van der Waals surface area (Å²) in [4.78, 5) is 16.1. The number of pyridine rings is 1. The normalized spacial score (nSPS) is 11.4. The van der Waals surface area contributed by atoms with E-state index in [1.165, 1.54) is 5.56 Å². The van der Waals surface area contributed by atoms with Crippen molar-refractivity contribution in [3.05, 3.63) is 95.3 Å². The molecule has 0 bridgehead atoms. The summed E-state index contributed by atoms with van der Waals surface area (Å²) in [5.41, 5.74) is 6.30. The first kappa shape index (κ1) is 20.3. The van der Waals surface area contributed by atoms with Crippen LogP contribution in [0, 0.1) is 0 Å². The van der Waals surface area contributed by atoms with Crippen LogP contribution in [-0.2, 0) is 12.0 Å². The van der Waals surface area contributed by atoms with Gasteiger partial charge in [-0.3, -0.25) is 9.78 Å². The summed E-state index contributed by atoms with van der Waals surface area (Å²) in [6.45, 7) is 7.00. The van der Waals surface area contributed by atoms with Crippen LogP contribution >= 0.6 is 0 Å². The van der Waals surface area contributed by atoms with Gasteiger partial charge in [0.2, 0.25) is 0 Å². The van der Waals surface area contributed by atoms with E-state index < -0.39 is 0 Å². The maximum atomic E-state index is 12.2. The van der Waals surface area contributed by atoms with Crippen LogP contribution in [0.4, 0.5) is 0 Å². The van der Waals surface area contributed by atoms with E-state index in [-0.39, 0.29) is 11.3 Å². The number of benzene rings is 2. The molecule has 0 saturated heterocycles. The number of nitrogens with one attached hydrogen (secondary N) is 1. The highest BCUT2D eigenvalue weighted by Crippen LogP contribution is 2.24. The molecule has 1 aromatic heterocycles. The van der Waals surface area contributed by atoms with Crippen LogP contribution in [0.3, 0.4) is 0 Å². The lowest BCUT2D eigenvalue weighted by molar-refractivity contribution is 0.0955. The molecule has 0 atom stereocenters. The molecule has 0 fully saturated rings. The second-order valence-corrected chi connectivity index (χ2v) is 7.74. The molecule has 0 spiro atoms. The molecule has 3 aromatic rings. The smallest absolute Gasteiger partial charge is 0.271 e. The maximum absolute atomic E-state index is 12.2. The molecule has 3 rings (SSSR count). The number of rotatable bonds is 6. The standard InChI is InChI=1S/C24H25N3O2/c1-24(2,3)21-8-10-22(11-9-21)29-17-19-4-6-20(7-5-19)23(28)27-26-16-18-12-14-25-15-13-18/h4-16H,17H2,1-3H3,(H,27,28)/b26-16-. The number of nitrogens with zero attached hydrogens (tertiary/aromatic N) is 2. The first-order valence-corrected chi connectivity index (χ1v) is 9.47. The van der Waals surface area contributed by atoms with Crippen molar-refractivity contribution in [2.24, 2.45) is 5.10 Å². The highest BCUT2D eigenvalue weighted by molar-refractivity contribution is 5.94.